The molecule has 0 heterocycles. The van der Waals surface area contributed by atoms with E-state index in [-0.39, 0.29) is 0 Å². The van der Waals surface area contributed by atoms with Crippen LogP contribution in [0, 0.1) is 0 Å². The molecule has 0 aliphatic rings. The van der Waals surface area contributed by atoms with Crippen LogP contribution in [0.5, 0.6) is 11.5 Å². The molecular formula is C15H24BrNO2. The van der Waals surface area contributed by atoms with Gasteiger partial charge in [-0.3, -0.25) is 0 Å². The van der Waals surface area contributed by atoms with E-state index in [9.17, 15) is 0 Å². The van der Waals surface area contributed by atoms with Crippen molar-refractivity contribution in [1.29, 1.82) is 0 Å². The molecule has 0 bridgehead atoms. The van der Waals surface area contributed by atoms with E-state index in [1.165, 1.54) is 5.56 Å². The Balaban J connectivity index is 2.92. The Kier molecular flexibility index (Phi) is 7.24. The molecule has 1 N–H and O–H groups in total. The Labute approximate surface area is 124 Å². The lowest BCUT2D eigenvalue weighted by Gasteiger charge is -2.16. The van der Waals surface area contributed by atoms with Crippen molar-refractivity contribution in [3.05, 3.63) is 22.2 Å². The number of hydrogen-bond donors (Lipinski definition) is 1. The van der Waals surface area contributed by atoms with Crippen LogP contribution in [0.25, 0.3) is 0 Å². The molecule has 1 aromatic carbocycles. The lowest BCUT2D eigenvalue weighted by atomic mass is 10.2. The van der Waals surface area contributed by atoms with Gasteiger partial charge in [-0.2, -0.15) is 0 Å². The maximum atomic E-state index is 5.76. The zero-order valence-electron chi connectivity index (χ0n) is 12.3. The van der Waals surface area contributed by atoms with Gasteiger partial charge in [0, 0.05) is 12.6 Å². The maximum absolute atomic E-state index is 5.76. The predicted molar refractivity (Wildman–Crippen MR) is 83.1 cm³/mol. The molecule has 0 saturated carbocycles. The summed E-state index contributed by atoms with van der Waals surface area (Å²) in [6.07, 6.45) is 0.981. The monoisotopic (exact) mass is 329 g/mol. The van der Waals surface area contributed by atoms with E-state index in [2.05, 4.69) is 54.2 Å². The van der Waals surface area contributed by atoms with Crippen molar-refractivity contribution < 1.29 is 9.47 Å². The van der Waals surface area contributed by atoms with Crippen LogP contribution >= 0.6 is 15.9 Å². The third kappa shape index (κ3) is 5.41. The Morgan fingerprint density at radius 1 is 1.21 bits per heavy atom. The summed E-state index contributed by atoms with van der Waals surface area (Å²) in [7, 11) is 0. The molecule has 0 unspecified atom stereocenters. The second-order valence-electron chi connectivity index (χ2n) is 4.72. The normalized spacial score (nSPS) is 10.8. The quantitative estimate of drug-likeness (QED) is 0.777. The van der Waals surface area contributed by atoms with E-state index in [0.717, 1.165) is 28.9 Å². The zero-order valence-corrected chi connectivity index (χ0v) is 13.8. The molecule has 0 aliphatic carbocycles. The Morgan fingerprint density at radius 3 is 2.53 bits per heavy atom. The molecule has 0 aliphatic heterocycles. The van der Waals surface area contributed by atoms with Gasteiger partial charge < -0.3 is 14.8 Å². The number of hydrogen-bond acceptors (Lipinski definition) is 3. The fourth-order valence-electron chi connectivity index (χ4n) is 1.65. The molecule has 19 heavy (non-hydrogen) atoms. The summed E-state index contributed by atoms with van der Waals surface area (Å²) in [6, 6.07) is 4.60. The number of benzene rings is 1. The van der Waals surface area contributed by atoms with Gasteiger partial charge in [0.2, 0.25) is 0 Å². The molecule has 0 radical (unpaired) electrons. The Morgan fingerprint density at radius 2 is 1.95 bits per heavy atom. The highest BCUT2D eigenvalue weighted by Crippen LogP contribution is 2.37. The highest BCUT2D eigenvalue weighted by Gasteiger charge is 2.12. The molecule has 1 rings (SSSR count). The largest absolute Gasteiger partial charge is 0.490 e. The van der Waals surface area contributed by atoms with Crippen LogP contribution in [0.2, 0.25) is 0 Å². The third-order valence-electron chi connectivity index (χ3n) is 2.53. The van der Waals surface area contributed by atoms with Crippen LogP contribution in [0.15, 0.2) is 16.6 Å². The van der Waals surface area contributed by atoms with Gasteiger partial charge in [-0.25, -0.2) is 0 Å². The second kappa shape index (κ2) is 8.43. The summed E-state index contributed by atoms with van der Waals surface area (Å²) in [5, 5.41) is 3.40. The van der Waals surface area contributed by atoms with Gasteiger partial charge in [0.1, 0.15) is 0 Å². The number of ether oxygens (including phenoxy) is 2. The molecule has 0 fully saturated rings. The van der Waals surface area contributed by atoms with Gasteiger partial charge >= 0.3 is 0 Å². The predicted octanol–water partition coefficient (Wildman–Crippen LogP) is 4.13. The Hall–Kier alpha value is -0.740. The van der Waals surface area contributed by atoms with E-state index in [1.54, 1.807) is 0 Å². The lowest BCUT2D eigenvalue weighted by Crippen LogP contribution is -2.21. The average Bonchev–Trinajstić information content (AvgIpc) is 2.36. The standard InChI is InChI=1S/C15H24BrNO2/c1-5-7-19-15-13(16)8-12(10-17-11(3)4)9-14(15)18-6-2/h8-9,11,17H,5-7,10H2,1-4H3. The van der Waals surface area contributed by atoms with Gasteiger partial charge in [-0.15, -0.1) is 0 Å². The molecule has 3 nitrogen and oxygen atoms in total. The fraction of sp³-hybridized carbons (Fsp3) is 0.600. The van der Waals surface area contributed by atoms with Crippen molar-refractivity contribution >= 4 is 15.9 Å². The lowest BCUT2D eigenvalue weighted by molar-refractivity contribution is 0.275. The smallest absolute Gasteiger partial charge is 0.175 e. The van der Waals surface area contributed by atoms with Crippen molar-refractivity contribution in [2.45, 2.75) is 46.7 Å². The minimum Gasteiger partial charge on any atom is -0.490 e. The molecule has 0 spiro atoms. The summed E-state index contributed by atoms with van der Waals surface area (Å²) >= 11 is 3.57. The number of halogens is 1. The first-order valence-electron chi connectivity index (χ1n) is 6.89. The molecule has 108 valence electrons. The van der Waals surface area contributed by atoms with Crippen LogP contribution in [-0.2, 0) is 6.54 Å². The molecule has 1 aromatic rings. The van der Waals surface area contributed by atoms with E-state index in [0.29, 0.717) is 19.3 Å². The minimum absolute atomic E-state index is 0.463. The van der Waals surface area contributed by atoms with Crippen molar-refractivity contribution in [2.24, 2.45) is 0 Å². The van der Waals surface area contributed by atoms with Gasteiger partial charge in [0.15, 0.2) is 11.5 Å². The van der Waals surface area contributed by atoms with Crippen LogP contribution in [0.3, 0.4) is 0 Å². The van der Waals surface area contributed by atoms with Crippen LogP contribution in [-0.4, -0.2) is 19.3 Å². The molecule has 0 atom stereocenters. The van der Waals surface area contributed by atoms with Crippen LogP contribution < -0.4 is 14.8 Å². The first-order valence-corrected chi connectivity index (χ1v) is 7.69. The second-order valence-corrected chi connectivity index (χ2v) is 5.58. The number of nitrogens with one attached hydrogen (secondary N) is 1. The first-order chi connectivity index (χ1) is 9.08. The Bertz CT molecular complexity index is 394. The molecular weight excluding hydrogens is 306 g/mol. The number of rotatable bonds is 8. The first kappa shape index (κ1) is 16.3. The van der Waals surface area contributed by atoms with E-state index < -0.39 is 0 Å². The average molecular weight is 330 g/mol. The summed E-state index contributed by atoms with van der Waals surface area (Å²) in [6.45, 7) is 10.5. The topological polar surface area (TPSA) is 30.5 Å². The maximum Gasteiger partial charge on any atom is 0.175 e. The highest BCUT2D eigenvalue weighted by atomic mass is 79.9. The molecule has 0 aromatic heterocycles. The van der Waals surface area contributed by atoms with Gasteiger partial charge in [0.25, 0.3) is 0 Å². The summed E-state index contributed by atoms with van der Waals surface area (Å²) in [5.74, 6) is 1.61. The van der Waals surface area contributed by atoms with Crippen molar-refractivity contribution in [3.63, 3.8) is 0 Å². The summed E-state index contributed by atoms with van der Waals surface area (Å²) < 4.78 is 12.4. The minimum atomic E-state index is 0.463. The van der Waals surface area contributed by atoms with E-state index >= 15 is 0 Å². The van der Waals surface area contributed by atoms with Crippen molar-refractivity contribution in [3.8, 4) is 11.5 Å². The molecule has 0 saturated heterocycles. The molecule has 0 amide bonds. The summed E-state index contributed by atoms with van der Waals surface area (Å²) in [4.78, 5) is 0. The van der Waals surface area contributed by atoms with E-state index in [1.807, 2.05) is 6.92 Å². The highest BCUT2D eigenvalue weighted by molar-refractivity contribution is 9.10. The zero-order chi connectivity index (χ0) is 14.3. The molecule has 4 heteroatoms. The SMILES string of the molecule is CCCOc1c(Br)cc(CNC(C)C)cc1OCC. The van der Waals surface area contributed by atoms with Crippen molar-refractivity contribution in [1.82, 2.24) is 5.32 Å². The van der Waals surface area contributed by atoms with Crippen LogP contribution in [0.4, 0.5) is 0 Å². The van der Waals surface area contributed by atoms with Gasteiger partial charge in [-0.1, -0.05) is 20.8 Å². The van der Waals surface area contributed by atoms with Crippen LogP contribution in [0.1, 0.15) is 39.7 Å². The third-order valence-corrected chi connectivity index (χ3v) is 3.12. The fourth-order valence-corrected chi connectivity index (χ4v) is 2.26. The van der Waals surface area contributed by atoms with E-state index in [4.69, 9.17) is 9.47 Å². The summed E-state index contributed by atoms with van der Waals surface area (Å²) in [5.41, 5.74) is 1.19. The van der Waals surface area contributed by atoms with Crippen molar-refractivity contribution in [2.75, 3.05) is 13.2 Å². The van der Waals surface area contributed by atoms with Gasteiger partial charge in [-0.05, 0) is 47.0 Å². The van der Waals surface area contributed by atoms with Gasteiger partial charge in [0.05, 0.1) is 17.7 Å².